The number of rotatable bonds is 12. The lowest BCUT2D eigenvalue weighted by Gasteiger charge is -2.27. The van der Waals surface area contributed by atoms with E-state index in [-0.39, 0.29) is 0 Å². The first kappa shape index (κ1) is 24.2. The molecule has 6 rings (SSSR count). The van der Waals surface area contributed by atoms with Gasteiger partial charge in [-0.15, -0.1) is 0 Å². The maximum atomic E-state index is 13.5. The molecule has 12 unspecified atom stereocenters. The van der Waals surface area contributed by atoms with Crippen LogP contribution in [0.5, 0.6) is 0 Å². The Balaban J connectivity index is 1.03. The summed E-state index contributed by atoms with van der Waals surface area (Å²) in [5.41, 5.74) is 0. The van der Waals surface area contributed by atoms with Gasteiger partial charge in [0.25, 0.3) is 0 Å². The molecule has 192 valence electrons. The van der Waals surface area contributed by atoms with E-state index in [0.717, 1.165) is 12.8 Å². The maximum absolute atomic E-state index is 13.5. The minimum atomic E-state index is 0.327. The predicted molar refractivity (Wildman–Crippen MR) is 142 cm³/mol. The number of carbonyl (C=O) groups is 2. The zero-order chi connectivity index (χ0) is 24.1. The van der Waals surface area contributed by atoms with E-state index in [1.807, 2.05) is 0 Å². The van der Waals surface area contributed by atoms with Crippen molar-refractivity contribution in [3.63, 3.8) is 0 Å². The van der Waals surface area contributed by atoms with Gasteiger partial charge in [0.2, 0.25) is 0 Å². The van der Waals surface area contributed by atoms with Gasteiger partial charge in [0.1, 0.15) is 11.6 Å². The number of unbranched alkanes of at least 4 members (excludes halogenated alkanes) is 4. The zero-order valence-electron chi connectivity index (χ0n) is 22.2. The second-order valence-electron chi connectivity index (χ2n) is 13.4. The monoisotopic (exact) mass is 476 g/mol. The van der Waals surface area contributed by atoms with E-state index in [0.29, 0.717) is 82.6 Å². The molecule has 0 amide bonds. The van der Waals surface area contributed by atoms with E-state index in [1.165, 1.54) is 70.6 Å². The molecule has 0 saturated heterocycles. The molecule has 0 spiro atoms. The fourth-order valence-electron chi connectivity index (χ4n) is 10.4. The minimum absolute atomic E-state index is 0.327. The fourth-order valence-corrected chi connectivity index (χ4v) is 10.4. The van der Waals surface area contributed by atoms with E-state index in [9.17, 15) is 9.59 Å². The Kier molecular flexibility index (Phi) is 6.87. The standard InChI is InChI=1S/C33H48O2/c1-3-5-10-24-26(32(34)30-22-16-14-20(18-22)28(24)30)12-8-7-9-13-27-25(11-6-4-2)29-21-15-17-23(19-21)31(29)33(27)35/h14-17,20-31H,3-13,18-19H2,1-2H3. The Hall–Kier alpha value is -1.18. The first-order valence-corrected chi connectivity index (χ1v) is 15.6. The summed E-state index contributed by atoms with van der Waals surface area (Å²) in [7, 11) is 0. The van der Waals surface area contributed by atoms with E-state index in [2.05, 4.69) is 38.2 Å². The minimum Gasteiger partial charge on any atom is -0.299 e. The van der Waals surface area contributed by atoms with Crippen molar-refractivity contribution in [3.05, 3.63) is 24.3 Å². The quantitative estimate of drug-likeness (QED) is 0.212. The number of Topliss-reactive ketones (excluding diaryl/α,β-unsaturated/α-hetero) is 2. The SMILES string of the molecule is CCCCC1C(CCCCCC2C(=O)C3C4C=CC(C4)C3C2CCCC)C(=O)C2C3C=CC(C3)C12. The van der Waals surface area contributed by atoms with Gasteiger partial charge >= 0.3 is 0 Å². The van der Waals surface area contributed by atoms with E-state index in [4.69, 9.17) is 0 Å². The molecule has 0 aliphatic heterocycles. The van der Waals surface area contributed by atoms with E-state index in [1.54, 1.807) is 0 Å². The van der Waals surface area contributed by atoms with Gasteiger partial charge in [0, 0.05) is 23.7 Å². The molecule has 0 aromatic carbocycles. The largest absolute Gasteiger partial charge is 0.299 e. The molecular formula is C33H48O2. The molecule has 2 heteroatoms. The number of hydrogen-bond acceptors (Lipinski definition) is 2. The number of fused-ring (bicyclic) bond motifs is 10. The molecule has 0 radical (unpaired) electrons. The van der Waals surface area contributed by atoms with Gasteiger partial charge in [-0.2, -0.15) is 0 Å². The molecule has 0 N–H and O–H groups in total. The van der Waals surface area contributed by atoms with Crippen LogP contribution < -0.4 is 0 Å². The Morgan fingerprint density at radius 3 is 1.43 bits per heavy atom. The summed E-state index contributed by atoms with van der Waals surface area (Å²) in [6, 6.07) is 0. The topological polar surface area (TPSA) is 34.1 Å². The molecule has 4 saturated carbocycles. The molecule has 2 nitrogen and oxygen atoms in total. The van der Waals surface area contributed by atoms with Crippen molar-refractivity contribution >= 4 is 11.6 Å². The van der Waals surface area contributed by atoms with Crippen LogP contribution in [0.3, 0.4) is 0 Å². The highest BCUT2D eigenvalue weighted by Crippen LogP contribution is 2.61. The summed E-state index contributed by atoms with van der Waals surface area (Å²) in [6.07, 6.45) is 25.5. The predicted octanol–water partition coefficient (Wildman–Crippen LogP) is 7.82. The molecule has 4 fully saturated rings. The van der Waals surface area contributed by atoms with Crippen LogP contribution >= 0.6 is 0 Å². The average molecular weight is 477 g/mol. The molecule has 12 atom stereocenters. The van der Waals surface area contributed by atoms with Crippen LogP contribution in [0.15, 0.2) is 24.3 Å². The van der Waals surface area contributed by atoms with Crippen molar-refractivity contribution in [2.75, 3.05) is 0 Å². The Morgan fingerprint density at radius 2 is 1.00 bits per heavy atom. The summed E-state index contributed by atoms with van der Waals surface area (Å²) >= 11 is 0. The highest BCUT2D eigenvalue weighted by Gasteiger charge is 2.60. The third-order valence-electron chi connectivity index (χ3n) is 11.8. The Bertz CT molecular complexity index is 798. The van der Waals surface area contributed by atoms with Gasteiger partial charge in [0.05, 0.1) is 0 Å². The van der Waals surface area contributed by atoms with Crippen molar-refractivity contribution in [1.82, 2.24) is 0 Å². The van der Waals surface area contributed by atoms with Crippen LogP contribution in [-0.2, 0) is 9.59 Å². The summed E-state index contributed by atoms with van der Waals surface area (Å²) in [5, 5.41) is 0. The normalized spacial score (nSPS) is 46.3. The van der Waals surface area contributed by atoms with Gasteiger partial charge in [-0.05, 0) is 85.9 Å². The van der Waals surface area contributed by atoms with Crippen molar-refractivity contribution in [2.45, 2.75) is 97.3 Å². The second-order valence-corrected chi connectivity index (χ2v) is 13.4. The van der Waals surface area contributed by atoms with Crippen LogP contribution in [0.4, 0.5) is 0 Å². The van der Waals surface area contributed by atoms with Crippen LogP contribution in [0, 0.1) is 71.0 Å². The molecule has 0 heterocycles. The van der Waals surface area contributed by atoms with Crippen LogP contribution in [0.25, 0.3) is 0 Å². The van der Waals surface area contributed by atoms with Crippen LogP contribution in [0.2, 0.25) is 0 Å². The first-order valence-electron chi connectivity index (χ1n) is 15.6. The van der Waals surface area contributed by atoms with Gasteiger partial charge in [-0.25, -0.2) is 0 Å². The summed E-state index contributed by atoms with van der Waals surface area (Å²) in [5.74, 6) is 7.75. The van der Waals surface area contributed by atoms with Gasteiger partial charge in [0.15, 0.2) is 0 Å². The Morgan fingerprint density at radius 1 is 0.571 bits per heavy atom. The Labute approximate surface area is 213 Å². The smallest absolute Gasteiger partial charge is 0.140 e. The average Bonchev–Trinajstić information content (AvgIpc) is 3.69. The maximum Gasteiger partial charge on any atom is 0.140 e. The third-order valence-corrected chi connectivity index (χ3v) is 11.8. The second kappa shape index (κ2) is 9.94. The van der Waals surface area contributed by atoms with E-state index < -0.39 is 0 Å². The van der Waals surface area contributed by atoms with Gasteiger partial charge in [-0.3, -0.25) is 9.59 Å². The van der Waals surface area contributed by atoms with Crippen LogP contribution in [0.1, 0.15) is 97.3 Å². The summed E-state index contributed by atoms with van der Waals surface area (Å²) in [4.78, 5) is 27.0. The molecule has 0 aromatic heterocycles. The van der Waals surface area contributed by atoms with Crippen molar-refractivity contribution < 1.29 is 9.59 Å². The lowest BCUT2D eigenvalue weighted by molar-refractivity contribution is -0.126. The highest BCUT2D eigenvalue weighted by atomic mass is 16.1. The zero-order valence-corrected chi connectivity index (χ0v) is 22.2. The van der Waals surface area contributed by atoms with Crippen molar-refractivity contribution in [2.24, 2.45) is 71.0 Å². The lowest BCUT2D eigenvalue weighted by Crippen LogP contribution is -2.22. The fraction of sp³-hybridized carbons (Fsp3) is 0.818. The number of allylic oxidation sites excluding steroid dienone is 4. The molecule has 6 aliphatic carbocycles. The first-order chi connectivity index (χ1) is 17.1. The molecule has 4 bridgehead atoms. The third kappa shape index (κ3) is 3.95. The van der Waals surface area contributed by atoms with Crippen LogP contribution in [-0.4, -0.2) is 11.6 Å². The van der Waals surface area contributed by atoms with Gasteiger partial charge < -0.3 is 0 Å². The summed E-state index contributed by atoms with van der Waals surface area (Å²) < 4.78 is 0. The van der Waals surface area contributed by atoms with Crippen molar-refractivity contribution in [1.29, 1.82) is 0 Å². The molecule has 35 heavy (non-hydrogen) atoms. The lowest BCUT2D eigenvalue weighted by atomic mass is 9.76. The number of hydrogen-bond donors (Lipinski definition) is 0. The van der Waals surface area contributed by atoms with Gasteiger partial charge in [-0.1, -0.05) is 83.1 Å². The molecule has 6 aliphatic rings. The highest BCUT2D eigenvalue weighted by molar-refractivity contribution is 5.88. The molecule has 0 aromatic rings. The van der Waals surface area contributed by atoms with E-state index >= 15 is 0 Å². The van der Waals surface area contributed by atoms with Crippen molar-refractivity contribution in [3.8, 4) is 0 Å². The number of ketones is 2. The number of carbonyl (C=O) groups excluding carboxylic acids is 2. The summed E-state index contributed by atoms with van der Waals surface area (Å²) in [6.45, 7) is 4.58. The molecular weight excluding hydrogens is 428 g/mol.